The molecule has 1 aliphatic heterocycles. The van der Waals surface area contributed by atoms with E-state index in [1.807, 2.05) is 0 Å². The van der Waals surface area contributed by atoms with Gasteiger partial charge in [-0.05, 0) is 25.5 Å². The molecule has 0 bridgehead atoms. The molecule has 28 heavy (non-hydrogen) atoms. The number of rotatable bonds is 8. The highest BCUT2D eigenvalue weighted by molar-refractivity contribution is 6.11. The SMILES string of the molecule is CCNC(=O)CN(CC)C(=O)COC(=O)CN1C(=O)Cc2ccccc2C1=O. The predicted molar refractivity (Wildman–Crippen MR) is 98.1 cm³/mol. The normalized spacial score (nSPS) is 13.0. The minimum Gasteiger partial charge on any atom is -0.454 e. The van der Waals surface area contributed by atoms with E-state index in [0.717, 1.165) is 4.90 Å². The summed E-state index contributed by atoms with van der Waals surface area (Å²) in [6, 6.07) is 6.69. The number of benzene rings is 1. The van der Waals surface area contributed by atoms with E-state index >= 15 is 0 Å². The predicted octanol–water partition coefficient (Wildman–Crippen LogP) is -0.261. The summed E-state index contributed by atoms with van der Waals surface area (Å²) in [5.74, 6) is -2.79. The summed E-state index contributed by atoms with van der Waals surface area (Å²) >= 11 is 0. The Kier molecular flexibility index (Phi) is 7.25. The van der Waals surface area contributed by atoms with Crippen molar-refractivity contribution in [1.82, 2.24) is 15.1 Å². The second-order valence-electron chi connectivity index (χ2n) is 6.14. The van der Waals surface area contributed by atoms with E-state index in [-0.39, 0.29) is 25.4 Å². The number of nitrogens with one attached hydrogen (secondary N) is 1. The summed E-state index contributed by atoms with van der Waals surface area (Å²) in [7, 11) is 0. The zero-order valence-electron chi connectivity index (χ0n) is 15.9. The maximum atomic E-state index is 12.4. The first-order chi connectivity index (χ1) is 13.4. The van der Waals surface area contributed by atoms with Crippen molar-refractivity contribution < 1.29 is 28.7 Å². The highest BCUT2D eigenvalue weighted by atomic mass is 16.5. The van der Waals surface area contributed by atoms with Gasteiger partial charge in [0, 0.05) is 18.7 Å². The van der Waals surface area contributed by atoms with E-state index in [9.17, 15) is 24.0 Å². The second kappa shape index (κ2) is 9.63. The summed E-state index contributed by atoms with van der Waals surface area (Å²) in [6.07, 6.45) is 0.0181. The molecule has 0 atom stereocenters. The van der Waals surface area contributed by atoms with E-state index < -0.39 is 36.8 Å². The zero-order valence-corrected chi connectivity index (χ0v) is 15.9. The Bertz CT molecular complexity index is 792. The number of hydrogen-bond acceptors (Lipinski definition) is 6. The lowest BCUT2D eigenvalue weighted by atomic mass is 9.98. The van der Waals surface area contributed by atoms with Crippen LogP contribution in [0.5, 0.6) is 0 Å². The van der Waals surface area contributed by atoms with Gasteiger partial charge in [-0.25, -0.2) is 0 Å². The van der Waals surface area contributed by atoms with Gasteiger partial charge in [0.1, 0.15) is 6.54 Å². The molecule has 0 saturated heterocycles. The summed E-state index contributed by atoms with van der Waals surface area (Å²) < 4.78 is 4.91. The van der Waals surface area contributed by atoms with Crippen molar-refractivity contribution in [3.05, 3.63) is 35.4 Å². The molecule has 0 saturated carbocycles. The van der Waals surface area contributed by atoms with Crippen LogP contribution < -0.4 is 5.32 Å². The molecule has 1 aliphatic rings. The Balaban J connectivity index is 1.90. The topological polar surface area (TPSA) is 113 Å². The molecular weight excluding hydrogens is 366 g/mol. The molecule has 0 aromatic heterocycles. The van der Waals surface area contributed by atoms with Gasteiger partial charge in [-0.2, -0.15) is 0 Å². The molecule has 1 aromatic rings. The summed E-state index contributed by atoms with van der Waals surface area (Å²) in [6.45, 7) is 2.90. The first-order valence-corrected chi connectivity index (χ1v) is 9.00. The lowest BCUT2D eigenvalue weighted by Gasteiger charge is -2.26. The number of amides is 4. The number of hydrogen-bond donors (Lipinski definition) is 1. The minimum absolute atomic E-state index is 0.0181. The molecule has 0 unspecified atom stereocenters. The van der Waals surface area contributed by atoms with Crippen LogP contribution in [0, 0.1) is 0 Å². The van der Waals surface area contributed by atoms with Gasteiger partial charge in [0.2, 0.25) is 11.8 Å². The Hall–Kier alpha value is -3.23. The van der Waals surface area contributed by atoms with Crippen LogP contribution in [0.3, 0.4) is 0 Å². The molecule has 2 rings (SSSR count). The van der Waals surface area contributed by atoms with Gasteiger partial charge in [0.05, 0.1) is 13.0 Å². The fraction of sp³-hybridized carbons (Fsp3) is 0.421. The number of carbonyl (C=O) groups excluding carboxylic acids is 5. The van der Waals surface area contributed by atoms with E-state index in [2.05, 4.69) is 5.32 Å². The fourth-order valence-electron chi connectivity index (χ4n) is 2.77. The lowest BCUT2D eigenvalue weighted by Crippen LogP contribution is -2.46. The third kappa shape index (κ3) is 5.15. The maximum Gasteiger partial charge on any atom is 0.326 e. The average Bonchev–Trinajstić information content (AvgIpc) is 2.67. The highest BCUT2D eigenvalue weighted by Gasteiger charge is 2.32. The van der Waals surface area contributed by atoms with E-state index in [1.165, 1.54) is 4.90 Å². The van der Waals surface area contributed by atoms with Gasteiger partial charge in [-0.1, -0.05) is 18.2 Å². The summed E-state index contributed by atoms with van der Waals surface area (Å²) in [5, 5.41) is 2.58. The van der Waals surface area contributed by atoms with Crippen LogP contribution in [-0.4, -0.2) is 72.2 Å². The van der Waals surface area contributed by atoms with Crippen LogP contribution in [-0.2, 0) is 30.3 Å². The molecule has 150 valence electrons. The van der Waals surface area contributed by atoms with Crippen LogP contribution in [0.2, 0.25) is 0 Å². The largest absolute Gasteiger partial charge is 0.454 e. The third-order valence-corrected chi connectivity index (χ3v) is 4.22. The number of esters is 1. The van der Waals surface area contributed by atoms with Crippen molar-refractivity contribution >= 4 is 29.6 Å². The quantitative estimate of drug-likeness (QED) is 0.484. The van der Waals surface area contributed by atoms with Gasteiger partial charge in [0.15, 0.2) is 6.61 Å². The van der Waals surface area contributed by atoms with Crippen LogP contribution in [0.1, 0.15) is 29.8 Å². The van der Waals surface area contributed by atoms with Crippen LogP contribution in [0.15, 0.2) is 24.3 Å². The molecule has 0 radical (unpaired) electrons. The van der Waals surface area contributed by atoms with Crippen molar-refractivity contribution in [2.24, 2.45) is 0 Å². The summed E-state index contributed by atoms with van der Waals surface area (Å²) in [5.41, 5.74) is 0.978. The smallest absolute Gasteiger partial charge is 0.326 e. The number of ether oxygens (including phenoxy) is 1. The average molecular weight is 389 g/mol. The number of carbonyl (C=O) groups is 5. The standard InChI is InChI=1S/C19H23N3O6/c1-3-20-15(23)10-21(4-2)17(25)12-28-18(26)11-22-16(24)9-13-7-5-6-8-14(13)19(22)27/h5-8H,3-4,9-12H2,1-2H3,(H,20,23). The second-order valence-corrected chi connectivity index (χ2v) is 6.14. The van der Waals surface area contributed by atoms with Gasteiger partial charge in [0.25, 0.3) is 11.8 Å². The molecule has 0 fully saturated rings. The van der Waals surface area contributed by atoms with Gasteiger partial charge >= 0.3 is 5.97 Å². The van der Waals surface area contributed by atoms with Gasteiger partial charge in [-0.3, -0.25) is 28.9 Å². The fourth-order valence-corrected chi connectivity index (χ4v) is 2.77. The third-order valence-electron chi connectivity index (χ3n) is 4.22. The van der Waals surface area contributed by atoms with Crippen LogP contribution >= 0.6 is 0 Å². The first-order valence-electron chi connectivity index (χ1n) is 9.00. The molecule has 1 heterocycles. The molecule has 0 spiro atoms. The van der Waals surface area contributed by atoms with Crippen molar-refractivity contribution in [2.45, 2.75) is 20.3 Å². The first kappa shape index (κ1) is 21.1. The molecule has 0 aliphatic carbocycles. The molecule has 9 heteroatoms. The van der Waals surface area contributed by atoms with Crippen LogP contribution in [0.25, 0.3) is 0 Å². The van der Waals surface area contributed by atoms with Crippen molar-refractivity contribution in [2.75, 3.05) is 32.8 Å². The number of likely N-dealkylation sites (N-methyl/N-ethyl adjacent to an activating group) is 2. The molecule has 1 aromatic carbocycles. The van der Waals surface area contributed by atoms with Crippen molar-refractivity contribution in [1.29, 1.82) is 0 Å². The Morgan fingerprint density at radius 3 is 2.57 bits per heavy atom. The van der Waals surface area contributed by atoms with Crippen molar-refractivity contribution in [3.8, 4) is 0 Å². The zero-order chi connectivity index (χ0) is 20.7. The van der Waals surface area contributed by atoms with Gasteiger partial charge < -0.3 is 15.0 Å². The Morgan fingerprint density at radius 2 is 1.89 bits per heavy atom. The monoisotopic (exact) mass is 389 g/mol. The lowest BCUT2D eigenvalue weighted by molar-refractivity contribution is -0.154. The molecule has 4 amide bonds. The minimum atomic E-state index is -0.872. The molecule has 1 N–H and O–H groups in total. The van der Waals surface area contributed by atoms with Crippen molar-refractivity contribution in [3.63, 3.8) is 0 Å². The van der Waals surface area contributed by atoms with E-state index in [4.69, 9.17) is 4.74 Å². The molecule has 9 nitrogen and oxygen atoms in total. The maximum absolute atomic E-state index is 12.4. The van der Waals surface area contributed by atoms with E-state index in [0.29, 0.717) is 17.7 Å². The van der Waals surface area contributed by atoms with E-state index in [1.54, 1.807) is 38.1 Å². The summed E-state index contributed by atoms with van der Waals surface area (Å²) in [4.78, 5) is 62.4. The highest BCUT2D eigenvalue weighted by Crippen LogP contribution is 2.19. The van der Waals surface area contributed by atoms with Gasteiger partial charge in [-0.15, -0.1) is 0 Å². The molecular formula is C19H23N3O6. The number of imide groups is 1. The number of fused-ring (bicyclic) bond motifs is 1. The van der Waals surface area contributed by atoms with Crippen LogP contribution in [0.4, 0.5) is 0 Å². The number of nitrogens with zero attached hydrogens (tertiary/aromatic N) is 2. The Labute approximate surface area is 162 Å². The Morgan fingerprint density at radius 1 is 1.18 bits per heavy atom.